The second-order valence-corrected chi connectivity index (χ2v) is 3.36. The van der Waals surface area contributed by atoms with Crippen LogP contribution in [0.2, 0.25) is 0 Å². The van der Waals surface area contributed by atoms with E-state index in [0.717, 1.165) is 6.07 Å². The van der Waals surface area contributed by atoms with E-state index >= 15 is 0 Å². The fourth-order valence-corrected chi connectivity index (χ4v) is 1.53. The largest absolute Gasteiger partial charge is 0.508 e. The summed E-state index contributed by atoms with van der Waals surface area (Å²) in [7, 11) is 0. The molecule has 1 aromatic carbocycles. The highest BCUT2D eigenvalue weighted by molar-refractivity contribution is 6.04. The van der Waals surface area contributed by atoms with E-state index < -0.39 is 11.9 Å². The molecule has 1 aromatic rings. The van der Waals surface area contributed by atoms with Crippen molar-refractivity contribution in [1.29, 1.82) is 0 Å². The number of aliphatic hydroxyl groups excluding tert-OH is 1. The highest BCUT2D eigenvalue weighted by Crippen LogP contribution is 2.35. The number of hydrogen-bond donors (Lipinski definition) is 3. The molecule has 0 amide bonds. The van der Waals surface area contributed by atoms with Crippen LogP contribution in [-0.2, 0) is 0 Å². The molecule has 15 heavy (non-hydrogen) atoms. The lowest BCUT2D eigenvalue weighted by molar-refractivity contribution is 0.0723. The molecule has 0 aromatic heterocycles. The summed E-state index contributed by atoms with van der Waals surface area (Å²) in [4.78, 5) is 11.6. The van der Waals surface area contributed by atoms with Crippen molar-refractivity contribution in [1.82, 2.24) is 0 Å². The topological polar surface area (TPSA) is 87.0 Å². The number of ether oxygens (including phenoxy) is 1. The van der Waals surface area contributed by atoms with E-state index in [-0.39, 0.29) is 35.8 Å². The van der Waals surface area contributed by atoms with Crippen molar-refractivity contribution in [2.75, 3.05) is 6.61 Å². The Bertz CT molecular complexity index is 413. The average Bonchev–Trinajstić information content (AvgIpc) is 2.27. The van der Waals surface area contributed by atoms with Crippen LogP contribution < -0.4 is 4.74 Å². The maximum Gasteiger partial charge on any atom is 0.198 e. The number of carbonyl (C=O) groups is 1. The predicted molar refractivity (Wildman–Crippen MR) is 50.2 cm³/mol. The molecule has 1 atom stereocenters. The van der Waals surface area contributed by atoms with Crippen LogP contribution in [0.15, 0.2) is 12.1 Å². The average molecular weight is 210 g/mol. The summed E-state index contributed by atoms with van der Waals surface area (Å²) in [6.07, 6.45) is -0.991. The number of ketones is 1. The minimum atomic E-state index is -1.17. The van der Waals surface area contributed by atoms with Crippen LogP contribution in [0.25, 0.3) is 0 Å². The number of benzene rings is 1. The van der Waals surface area contributed by atoms with E-state index in [1.165, 1.54) is 6.07 Å². The molecule has 0 saturated carbocycles. The van der Waals surface area contributed by atoms with Crippen molar-refractivity contribution in [3.05, 3.63) is 17.7 Å². The van der Waals surface area contributed by atoms with Gasteiger partial charge in [0.1, 0.15) is 28.9 Å². The number of aliphatic hydroxyl groups is 1. The van der Waals surface area contributed by atoms with Crippen molar-refractivity contribution < 1.29 is 24.9 Å². The van der Waals surface area contributed by atoms with Crippen LogP contribution in [0.1, 0.15) is 16.8 Å². The Kier molecular flexibility index (Phi) is 2.24. The smallest absolute Gasteiger partial charge is 0.198 e. The summed E-state index contributed by atoms with van der Waals surface area (Å²) < 4.78 is 5.15. The zero-order valence-electron chi connectivity index (χ0n) is 7.80. The maximum absolute atomic E-state index is 11.6. The number of rotatable bonds is 0. The van der Waals surface area contributed by atoms with E-state index in [0.29, 0.717) is 0 Å². The molecule has 0 aliphatic carbocycles. The van der Waals surface area contributed by atoms with Gasteiger partial charge in [-0.05, 0) is 0 Å². The number of aromatic hydroxyl groups is 2. The molecular weight excluding hydrogens is 200 g/mol. The Morgan fingerprint density at radius 3 is 2.80 bits per heavy atom. The second-order valence-electron chi connectivity index (χ2n) is 3.36. The summed E-state index contributed by atoms with van der Waals surface area (Å²) in [6, 6.07) is 2.28. The van der Waals surface area contributed by atoms with Crippen molar-refractivity contribution in [2.24, 2.45) is 0 Å². The number of phenols is 2. The molecule has 1 unspecified atom stereocenters. The Balaban J connectivity index is 2.58. The van der Waals surface area contributed by atoms with E-state index in [1.807, 2.05) is 0 Å². The highest BCUT2D eigenvalue weighted by Gasteiger charge is 2.28. The molecule has 0 fully saturated rings. The molecular formula is C10H10O5. The molecule has 1 aliphatic heterocycles. The van der Waals surface area contributed by atoms with Gasteiger partial charge in [-0.2, -0.15) is 0 Å². The lowest BCUT2D eigenvalue weighted by Gasteiger charge is -2.08. The van der Waals surface area contributed by atoms with Gasteiger partial charge < -0.3 is 20.1 Å². The van der Waals surface area contributed by atoms with Gasteiger partial charge in [0.2, 0.25) is 0 Å². The standard InChI is InChI=1S/C10H10O5/c11-5-3-7(13)9-8(4-5)15-2-1-6(12)10(9)14/h3-4,6,11-13H,1-2H2. The minimum Gasteiger partial charge on any atom is -0.508 e. The number of fused-ring (bicyclic) bond motifs is 1. The zero-order chi connectivity index (χ0) is 11.0. The first-order valence-corrected chi connectivity index (χ1v) is 4.50. The summed E-state index contributed by atoms with van der Waals surface area (Å²) in [6.45, 7) is 0.169. The molecule has 5 heteroatoms. The zero-order valence-corrected chi connectivity index (χ0v) is 7.80. The van der Waals surface area contributed by atoms with E-state index in [4.69, 9.17) is 4.74 Å². The van der Waals surface area contributed by atoms with Crippen molar-refractivity contribution >= 4 is 5.78 Å². The van der Waals surface area contributed by atoms with Crippen molar-refractivity contribution in [3.8, 4) is 17.2 Å². The van der Waals surface area contributed by atoms with Gasteiger partial charge in [-0.15, -0.1) is 0 Å². The molecule has 1 heterocycles. The molecule has 80 valence electrons. The van der Waals surface area contributed by atoms with Crippen LogP contribution in [0, 0.1) is 0 Å². The number of phenolic OH excluding ortho intramolecular Hbond substituents is 2. The van der Waals surface area contributed by atoms with Crippen LogP contribution >= 0.6 is 0 Å². The van der Waals surface area contributed by atoms with E-state index in [9.17, 15) is 20.1 Å². The SMILES string of the molecule is O=C1c2c(O)cc(O)cc2OCCC1O. The van der Waals surface area contributed by atoms with E-state index in [2.05, 4.69) is 0 Å². The lowest BCUT2D eigenvalue weighted by Crippen LogP contribution is -2.19. The third-order valence-corrected chi connectivity index (χ3v) is 2.26. The van der Waals surface area contributed by atoms with Gasteiger partial charge in [0, 0.05) is 18.6 Å². The Hall–Kier alpha value is -1.75. The van der Waals surface area contributed by atoms with Crippen LogP contribution in [0.4, 0.5) is 0 Å². The Morgan fingerprint density at radius 2 is 2.07 bits per heavy atom. The fraction of sp³-hybridized carbons (Fsp3) is 0.300. The molecule has 0 saturated heterocycles. The predicted octanol–water partition coefficient (Wildman–Crippen LogP) is 0.424. The van der Waals surface area contributed by atoms with Gasteiger partial charge in [0.25, 0.3) is 0 Å². The van der Waals surface area contributed by atoms with E-state index in [1.54, 1.807) is 0 Å². The summed E-state index contributed by atoms with van der Waals surface area (Å²) in [5, 5.41) is 28.1. The maximum atomic E-state index is 11.6. The van der Waals surface area contributed by atoms with Gasteiger partial charge in [0.05, 0.1) is 6.61 Å². The molecule has 0 bridgehead atoms. The normalized spacial score (nSPS) is 20.3. The first-order chi connectivity index (χ1) is 7.09. The molecule has 0 spiro atoms. The molecule has 0 radical (unpaired) electrons. The summed E-state index contributed by atoms with van der Waals surface area (Å²) in [5.74, 6) is -1.04. The van der Waals surface area contributed by atoms with Crippen LogP contribution in [0.5, 0.6) is 17.2 Å². The highest BCUT2D eigenvalue weighted by atomic mass is 16.5. The molecule has 1 aliphatic rings. The monoisotopic (exact) mass is 210 g/mol. The quantitative estimate of drug-likeness (QED) is 0.577. The molecule has 5 nitrogen and oxygen atoms in total. The Morgan fingerprint density at radius 1 is 1.33 bits per heavy atom. The van der Waals surface area contributed by atoms with Gasteiger partial charge in [-0.25, -0.2) is 0 Å². The number of carbonyl (C=O) groups excluding carboxylic acids is 1. The fourth-order valence-electron chi connectivity index (χ4n) is 1.53. The molecule has 2 rings (SSSR count). The molecule has 3 N–H and O–H groups in total. The van der Waals surface area contributed by atoms with Crippen molar-refractivity contribution in [2.45, 2.75) is 12.5 Å². The number of hydrogen-bond acceptors (Lipinski definition) is 5. The van der Waals surface area contributed by atoms with Gasteiger partial charge >= 0.3 is 0 Å². The van der Waals surface area contributed by atoms with Crippen LogP contribution in [0.3, 0.4) is 0 Å². The summed E-state index contributed by atoms with van der Waals surface area (Å²) in [5.41, 5.74) is -0.0715. The third kappa shape index (κ3) is 1.61. The van der Waals surface area contributed by atoms with Gasteiger partial charge in [-0.3, -0.25) is 4.79 Å². The van der Waals surface area contributed by atoms with Crippen LogP contribution in [-0.4, -0.2) is 33.8 Å². The summed E-state index contributed by atoms with van der Waals surface area (Å²) >= 11 is 0. The van der Waals surface area contributed by atoms with Crippen molar-refractivity contribution in [3.63, 3.8) is 0 Å². The minimum absolute atomic E-state index is 0.0715. The van der Waals surface area contributed by atoms with Gasteiger partial charge in [-0.1, -0.05) is 0 Å². The third-order valence-electron chi connectivity index (χ3n) is 2.26. The van der Waals surface area contributed by atoms with Gasteiger partial charge in [0.15, 0.2) is 5.78 Å². The first kappa shape index (κ1) is 9.79. The second kappa shape index (κ2) is 3.43. The Labute approximate surface area is 85.5 Å². The lowest BCUT2D eigenvalue weighted by atomic mass is 10.0. The first-order valence-electron chi connectivity index (χ1n) is 4.50. The number of Topliss-reactive ketones (excluding diaryl/α,β-unsaturated/α-hetero) is 1.